The minimum atomic E-state index is -5.41. The topological polar surface area (TPSA) is 254 Å². The fourth-order valence-corrected chi connectivity index (χ4v) is 12.5. The van der Waals surface area contributed by atoms with Gasteiger partial charge in [0.2, 0.25) is 5.91 Å². The van der Waals surface area contributed by atoms with Crippen LogP contribution in [-0.2, 0) is 79.9 Å². The van der Waals surface area contributed by atoms with Gasteiger partial charge < -0.3 is 59.5 Å². The molecule has 3 aliphatic rings. The van der Waals surface area contributed by atoms with Gasteiger partial charge in [0.1, 0.15) is 11.2 Å². The second kappa shape index (κ2) is 41.0. The molecule has 5 aromatic carbocycles. The van der Waals surface area contributed by atoms with Gasteiger partial charge in [-0.2, -0.15) is 0 Å². The van der Waals surface area contributed by atoms with Crippen LogP contribution in [0.15, 0.2) is 141 Å². The number of nitrogens with two attached hydrogens (primary N) is 2. The number of alkyl halides is 6. The monoisotopic (exact) mass is 1880 g/mol. The molecule has 624 valence electrons. The number of alkyl carbamates (subject to hydrolysis) is 2. The van der Waals surface area contributed by atoms with Crippen molar-refractivity contribution in [1.82, 2.24) is 10.6 Å². The Morgan fingerprint density at radius 2 is 0.703 bits per heavy atom. The maximum atomic E-state index is 12.1. The van der Waals surface area contributed by atoms with Gasteiger partial charge in [-0.3, -0.25) is 4.79 Å². The molecule has 0 aliphatic carbocycles. The van der Waals surface area contributed by atoms with E-state index in [1.807, 2.05) is 277 Å². The standard InChI is InChI=1S/C20H32BNO4.C14H20BrNO2.C12H24B2O4.C10H12BrNO.C10H5F6IO4.C9H12BrN.C2H6.2CH4/c1-17(2,3)24-16(23)22-18(4,5)14-10-12-15(13-11-14)21-25-19(6,7)20(8,9)26-21;1-13(2,3)18-12(17)16-14(4,5)10-6-8-11(15)9-7-10;1-9(2)10(3,4)16-13(15-9)14-17-11(5,6)12(7,8)18-14;1-10(2,9(12)13)7-3-5-8(11)6-4-7;11-9(12,13)7(18)20-17(6-4-2-1-3-5-6)21-8(19)10(14,15)16;1-9(2,11)7-3-5-8(10)6-4-7;1-2;;/h10-13H,1-9H3,(H,22,23);6-9H,1-5H3,(H,16,17);1-8H3;3-6H,1-2H3,(H2,12,13);1-5H;3-6H,11H2,1-2H3;1-2H3;2*1H4/i;;;;;;1D;;. The SMILES string of the molecule is C.C.CC(C)(C(N)=O)c1ccc(Br)cc1.CC(C)(C)OC(=O)NC(C)(C)c1ccc(B2OC(C)(C)C(C)(C)O2)cc1.CC(C)(C)OC(=O)NC(C)(C)c1ccc(Br)cc1.CC(C)(N)c1ccc(Br)cc1.CC1(C)OB(B2OC(C)(C)C(C)(C)O2)OC1(C)C.O=C(OI(OC(=O)C(F)(F)F)c1ccccc1)C(F)(F)F.[2H]CC. The summed E-state index contributed by atoms with van der Waals surface area (Å²) < 4.78 is 136. The zero-order valence-corrected chi connectivity index (χ0v) is 74.5. The van der Waals surface area contributed by atoms with Crippen LogP contribution in [0.5, 0.6) is 0 Å². The van der Waals surface area contributed by atoms with Crippen molar-refractivity contribution < 1.29 is 95.2 Å². The maximum absolute atomic E-state index is 12.1. The molecule has 0 saturated carbocycles. The van der Waals surface area contributed by atoms with Crippen molar-refractivity contribution in [3.8, 4) is 0 Å². The van der Waals surface area contributed by atoms with Crippen molar-refractivity contribution in [2.24, 2.45) is 11.5 Å². The number of halogens is 10. The minimum absolute atomic E-state index is 0. The van der Waals surface area contributed by atoms with Crippen LogP contribution < -0.4 is 27.6 Å². The second-order valence-corrected chi connectivity index (χ2v) is 38.5. The van der Waals surface area contributed by atoms with E-state index in [1.165, 1.54) is 18.2 Å². The summed E-state index contributed by atoms with van der Waals surface area (Å²) in [6.45, 7) is 53.1. The molecule has 3 amide bonds. The first kappa shape index (κ1) is 104. The molecule has 3 aliphatic heterocycles. The number of carbonyl (C=O) groups excluding carboxylic acids is 5. The first-order valence-corrected chi connectivity index (χ1v) is 39.9. The van der Waals surface area contributed by atoms with Gasteiger partial charge >= 0.3 is 154 Å². The first-order chi connectivity index (χ1) is 49.5. The molecular formula is C79H119B3Br3F6IN4O15. The Morgan fingerprint density at radius 3 is 0.964 bits per heavy atom. The van der Waals surface area contributed by atoms with Crippen LogP contribution >= 0.6 is 68.4 Å². The quantitative estimate of drug-likeness (QED) is 0.0514. The van der Waals surface area contributed by atoms with Crippen LogP contribution in [-0.4, -0.2) is 108 Å². The van der Waals surface area contributed by atoms with Crippen LogP contribution in [0, 0.1) is 3.57 Å². The van der Waals surface area contributed by atoms with Crippen LogP contribution in [0.2, 0.25) is 0 Å². The Labute approximate surface area is 692 Å². The van der Waals surface area contributed by atoms with E-state index in [0.29, 0.717) is 6.90 Å². The van der Waals surface area contributed by atoms with E-state index in [9.17, 15) is 50.3 Å². The Bertz CT molecular complexity index is 3680. The summed E-state index contributed by atoms with van der Waals surface area (Å²) in [5.74, 6) is -5.74. The molecular weight excluding hydrogens is 1760 g/mol. The largest absolute Gasteiger partial charge is 0.0683 e. The Kier molecular flexibility index (Phi) is 38.3. The number of carbonyl (C=O) groups is 5. The van der Waals surface area contributed by atoms with E-state index in [0.717, 1.165) is 53.3 Å². The predicted octanol–water partition coefficient (Wildman–Crippen LogP) is 20.8. The Morgan fingerprint density at radius 1 is 0.441 bits per heavy atom. The molecule has 19 nitrogen and oxygen atoms in total. The number of rotatable bonds is 12. The normalized spacial score (nSPS) is 16.7. The number of primary amides is 1. The summed E-state index contributed by atoms with van der Waals surface area (Å²) in [4.78, 5) is 56.4. The molecule has 3 heterocycles. The van der Waals surface area contributed by atoms with Crippen LogP contribution in [0.1, 0.15) is 232 Å². The van der Waals surface area contributed by atoms with Gasteiger partial charge in [-0.25, -0.2) is 9.59 Å². The van der Waals surface area contributed by atoms with Crippen molar-refractivity contribution in [3.63, 3.8) is 0 Å². The molecule has 0 spiro atoms. The molecule has 0 unspecified atom stereocenters. The molecule has 8 rings (SSSR count). The zero-order valence-electron chi connectivity index (χ0n) is 68.6. The number of amides is 3. The molecule has 0 bridgehead atoms. The van der Waals surface area contributed by atoms with Gasteiger partial charge in [0.05, 0.1) is 50.1 Å². The second-order valence-electron chi connectivity index (χ2n) is 32.4. The summed E-state index contributed by atoms with van der Waals surface area (Å²) in [7, 11) is -1.34. The molecule has 32 heteroatoms. The summed E-state index contributed by atoms with van der Waals surface area (Å²) in [5, 5.41) is 5.79. The number of ether oxygens (including phenoxy) is 2. The zero-order chi connectivity index (χ0) is 85.4. The number of nitrogens with one attached hydrogen (secondary N) is 2. The molecule has 3 saturated heterocycles. The molecule has 0 aromatic heterocycles. The van der Waals surface area contributed by atoms with Crippen LogP contribution in [0.25, 0.3) is 0 Å². The van der Waals surface area contributed by atoms with Crippen molar-refractivity contribution in [2.75, 3.05) is 0 Å². The van der Waals surface area contributed by atoms with E-state index in [1.54, 1.807) is 6.92 Å². The van der Waals surface area contributed by atoms with Gasteiger partial charge in [0.25, 0.3) is 0 Å². The van der Waals surface area contributed by atoms with E-state index >= 15 is 0 Å². The van der Waals surface area contributed by atoms with E-state index in [-0.39, 0.29) is 63.5 Å². The van der Waals surface area contributed by atoms with Crippen molar-refractivity contribution in [3.05, 3.63) is 167 Å². The maximum Gasteiger partial charge on any atom is 0.0228 e. The van der Waals surface area contributed by atoms with Gasteiger partial charge in [-0.1, -0.05) is 137 Å². The third-order valence-corrected chi connectivity index (χ3v) is 22.5. The van der Waals surface area contributed by atoms with Crippen molar-refractivity contribution in [1.29, 1.82) is 0 Å². The van der Waals surface area contributed by atoms with E-state index < -0.39 is 106 Å². The number of hydrogen-bond acceptors (Lipinski definition) is 16. The Balaban J connectivity index is 0.00000133. The number of benzene rings is 5. The minimum Gasteiger partial charge on any atom is -0.0683 e. The average molecular weight is 1880 g/mol. The fourth-order valence-electron chi connectivity index (χ4n) is 8.89. The van der Waals surface area contributed by atoms with Gasteiger partial charge in [-0.15, -0.1) is 0 Å². The van der Waals surface area contributed by atoms with Gasteiger partial charge in [0, 0.05) is 20.3 Å². The molecule has 5 aromatic rings. The van der Waals surface area contributed by atoms with Crippen molar-refractivity contribution >= 4 is 125 Å². The molecule has 0 atom stereocenters. The fraction of sp³-hybridized carbons (Fsp3) is 0.557. The summed E-state index contributed by atoms with van der Waals surface area (Å²) in [6, 6.07) is 37.6. The van der Waals surface area contributed by atoms with Crippen LogP contribution in [0.4, 0.5) is 35.9 Å². The first-order valence-electron chi connectivity index (χ1n) is 35.4. The average Bonchev–Trinajstić information content (AvgIpc) is 1.60. The number of hydrogen-bond donors (Lipinski definition) is 4. The third-order valence-electron chi connectivity index (χ3n) is 17.5. The van der Waals surface area contributed by atoms with Gasteiger partial charge in [-0.05, 0) is 244 Å². The van der Waals surface area contributed by atoms with E-state index in [2.05, 4.69) is 64.6 Å². The smallest absolute Gasteiger partial charge is 0.0228 e. The van der Waals surface area contributed by atoms with E-state index in [4.69, 9.17) is 50.2 Å². The molecule has 3 fully saturated rings. The predicted molar refractivity (Wildman–Crippen MR) is 449 cm³/mol. The summed E-state index contributed by atoms with van der Waals surface area (Å²) in [6.07, 6.45) is -11.7. The van der Waals surface area contributed by atoms with Gasteiger partial charge in [0.15, 0.2) is 0 Å². The van der Waals surface area contributed by atoms with Crippen LogP contribution in [0.3, 0.4) is 0 Å². The molecule has 0 radical (unpaired) electrons. The summed E-state index contributed by atoms with van der Waals surface area (Å²) >= 11 is 5.85. The summed E-state index contributed by atoms with van der Waals surface area (Å²) in [5.41, 5.74) is 11.2. The third kappa shape index (κ3) is 33.5. The van der Waals surface area contributed by atoms with Crippen molar-refractivity contribution in [2.45, 2.75) is 288 Å². The Hall–Kier alpha value is -5.29. The molecule has 6 N–H and O–H groups in total. The molecule has 111 heavy (non-hydrogen) atoms.